The van der Waals surface area contributed by atoms with Crippen LogP contribution in [0, 0.1) is 0 Å². The maximum Gasteiger partial charge on any atom is 0.269 e. The van der Waals surface area contributed by atoms with Gasteiger partial charge in [-0.3, -0.25) is 9.48 Å². The Morgan fingerprint density at radius 3 is 2.86 bits per heavy atom. The quantitative estimate of drug-likeness (QED) is 0.845. The number of fused-ring (bicyclic) bond motifs is 1. The molecule has 0 bridgehead atoms. The molecule has 0 unspecified atom stereocenters. The monoisotopic (exact) mass is 288 g/mol. The van der Waals surface area contributed by atoms with Gasteiger partial charge in [-0.15, -0.1) is 0 Å². The highest BCUT2D eigenvalue weighted by atomic mass is 16.5. The minimum atomic E-state index is -0.514. The zero-order valence-electron chi connectivity index (χ0n) is 11.9. The Balaban J connectivity index is 1.99. The molecule has 3 rings (SSSR count). The second-order valence-electron chi connectivity index (χ2n) is 4.82. The van der Waals surface area contributed by atoms with Crippen molar-refractivity contribution in [3.63, 3.8) is 0 Å². The summed E-state index contributed by atoms with van der Waals surface area (Å²) in [6, 6.07) is 0. The molecule has 1 aliphatic rings. The standard InChI is InChI=1S/C13H16N6O2/c1-18-9-3-6-19(7-8(9)10(17-18)11(14)20)12-13(21-2)16-5-4-15-12/h4-5H,3,6-7H2,1-2H3,(H2,14,20). The first-order valence-electron chi connectivity index (χ1n) is 6.56. The predicted molar refractivity (Wildman–Crippen MR) is 75.1 cm³/mol. The Morgan fingerprint density at radius 1 is 1.38 bits per heavy atom. The molecule has 8 heteroatoms. The van der Waals surface area contributed by atoms with Crippen LogP contribution in [0.2, 0.25) is 0 Å². The molecular weight excluding hydrogens is 272 g/mol. The number of ether oxygens (including phenoxy) is 1. The van der Waals surface area contributed by atoms with Gasteiger partial charge in [0.05, 0.1) is 7.11 Å². The number of hydrogen-bond donors (Lipinski definition) is 1. The van der Waals surface area contributed by atoms with E-state index in [0.29, 0.717) is 23.9 Å². The third kappa shape index (κ3) is 2.18. The highest BCUT2D eigenvalue weighted by Gasteiger charge is 2.28. The van der Waals surface area contributed by atoms with Gasteiger partial charge in [-0.05, 0) is 0 Å². The van der Waals surface area contributed by atoms with Crippen molar-refractivity contribution < 1.29 is 9.53 Å². The van der Waals surface area contributed by atoms with Crippen LogP contribution in [-0.2, 0) is 20.0 Å². The Kier molecular flexibility index (Phi) is 3.20. The van der Waals surface area contributed by atoms with Crippen molar-refractivity contribution in [1.82, 2.24) is 19.7 Å². The average molecular weight is 288 g/mol. The van der Waals surface area contributed by atoms with Crippen LogP contribution >= 0.6 is 0 Å². The molecule has 2 aromatic rings. The Hall–Kier alpha value is -2.64. The zero-order valence-corrected chi connectivity index (χ0v) is 11.9. The maximum atomic E-state index is 11.5. The second kappa shape index (κ2) is 5.04. The summed E-state index contributed by atoms with van der Waals surface area (Å²) in [5.41, 5.74) is 7.61. The summed E-state index contributed by atoms with van der Waals surface area (Å²) < 4.78 is 6.96. The summed E-state index contributed by atoms with van der Waals surface area (Å²) in [5, 5.41) is 4.21. The second-order valence-corrected chi connectivity index (χ2v) is 4.82. The lowest BCUT2D eigenvalue weighted by atomic mass is 10.0. The number of anilines is 1. The smallest absolute Gasteiger partial charge is 0.269 e. The molecular formula is C13H16N6O2. The fourth-order valence-electron chi connectivity index (χ4n) is 2.65. The summed E-state index contributed by atoms with van der Waals surface area (Å²) in [6.07, 6.45) is 3.95. The minimum absolute atomic E-state index is 0.319. The molecule has 21 heavy (non-hydrogen) atoms. The largest absolute Gasteiger partial charge is 0.478 e. The number of nitrogens with zero attached hydrogens (tertiary/aromatic N) is 5. The van der Waals surface area contributed by atoms with Gasteiger partial charge in [0.1, 0.15) is 0 Å². The molecule has 0 saturated heterocycles. The molecule has 110 valence electrons. The lowest BCUT2D eigenvalue weighted by Crippen LogP contribution is -2.33. The summed E-state index contributed by atoms with van der Waals surface area (Å²) in [7, 11) is 3.38. The van der Waals surface area contributed by atoms with Crippen LogP contribution in [0.1, 0.15) is 21.7 Å². The van der Waals surface area contributed by atoms with Crippen molar-refractivity contribution in [2.24, 2.45) is 12.8 Å². The molecule has 0 aromatic carbocycles. The van der Waals surface area contributed by atoms with E-state index in [4.69, 9.17) is 10.5 Å². The number of carbonyl (C=O) groups excluding carboxylic acids is 1. The lowest BCUT2D eigenvalue weighted by Gasteiger charge is -2.28. The lowest BCUT2D eigenvalue weighted by molar-refractivity contribution is 0.0994. The van der Waals surface area contributed by atoms with E-state index >= 15 is 0 Å². The molecule has 0 radical (unpaired) electrons. The van der Waals surface area contributed by atoms with Crippen LogP contribution in [0.4, 0.5) is 5.82 Å². The average Bonchev–Trinajstić information content (AvgIpc) is 2.84. The maximum absolute atomic E-state index is 11.5. The number of carbonyl (C=O) groups is 1. The molecule has 1 amide bonds. The van der Waals surface area contributed by atoms with Gasteiger partial charge in [0, 0.05) is 50.2 Å². The summed E-state index contributed by atoms with van der Waals surface area (Å²) in [5.74, 6) is 0.607. The van der Waals surface area contributed by atoms with Crippen LogP contribution in [0.25, 0.3) is 0 Å². The SMILES string of the molecule is COc1nccnc1N1CCc2c(c(C(N)=O)nn2C)C1. The molecule has 0 spiro atoms. The summed E-state index contributed by atoms with van der Waals surface area (Å²) in [4.78, 5) is 22.0. The molecule has 3 heterocycles. The van der Waals surface area contributed by atoms with Crippen molar-refractivity contribution in [2.75, 3.05) is 18.6 Å². The molecule has 8 nitrogen and oxygen atoms in total. The molecule has 0 atom stereocenters. The number of methoxy groups -OCH3 is 1. The Labute approximate surface area is 121 Å². The molecule has 0 saturated carbocycles. The van der Waals surface area contributed by atoms with E-state index in [9.17, 15) is 4.79 Å². The number of amides is 1. The zero-order chi connectivity index (χ0) is 15.0. The van der Waals surface area contributed by atoms with Crippen LogP contribution in [0.3, 0.4) is 0 Å². The molecule has 2 aromatic heterocycles. The molecule has 0 aliphatic carbocycles. The van der Waals surface area contributed by atoms with Gasteiger partial charge in [-0.25, -0.2) is 9.97 Å². The number of aromatic nitrogens is 4. The van der Waals surface area contributed by atoms with Crippen molar-refractivity contribution in [2.45, 2.75) is 13.0 Å². The Bertz CT molecular complexity index is 696. The summed E-state index contributed by atoms with van der Waals surface area (Å²) >= 11 is 0. The van der Waals surface area contributed by atoms with E-state index < -0.39 is 5.91 Å². The van der Waals surface area contributed by atoms with Crippen molar-refractivity contribution in [3.05, 3.63) is 29.3 Å². The minimum Gasteiger partial charge on any atom is -0.478 e. The summed E-state index contributed by atoms with van der Waals surface area (Å²) in [6.45, 7) is 1.26. The van der Waals surface area contributed by atoms with Crippen molar-refractivity contribution in [3.8, 4) is 5.88 Å². The predicted octanol–water partition coefficient (Wildman–Crippen LogP) is -0.120. The topological polar surface area (TPSA) is 99.2 Å². The molecule has 0 fully saturated rings. The fourth-order valence-corrected chi connectivity index (χ4v) is 2.65. The van der Waals surface area contributed by atoms with Gasteiger partial charge >= 0.3 is 0 Å². The highest BCUT2D eigenvalue weighted by molar-refractivity contribution is 5.92. The van der Waals surface area contributed by atoms with Gasteiger partial charge in [0.2, 0.25) is 0 Å². The first-order valence-corrected chi connectivity index (χ1v) is 6.56. The van der Waals surface area contributed by atoms with E-state index in [1.165, 1.54) is 0 Å². The van der Waals surface area contributed by atoms with Gasteiger partial charge in [0.15, 0.2) is 11.5 Å². The number of primary amides is 1. The third-order valence-electron chi connectivity index (χ3n) is 3.62. The number of rotatable bonds is 3. The first-order chi connectivity index (χ1) is 10.1. The van der Waals surface area contributed by atoms with E-state index in [1.54, 1.807) is 24.2 Å². The van der Waals surface area contributed by atoms with Gasteiger partial charge in [0.25, 0.3) is 11.8 Å². The van der Waals surface area contributed by atoms with Gasteiger partial charge in [-0.1, -0.05) is 0 Å². The number of aryl methyl sites for hydroxylation is 1. The molecule has 1 aliphatic heterocycles. The number of nitrogens with two attached hydrogens (primary N) is 1. The normalized spacial score (nSPS) is 13.9. The Morgan fingerprint density at radius 2 is 2.14 bits per heavy atom. The van der Waals surface area contributed by atoms with E-state index in [2.05, 4.69) is 15.1 Å². The van der Waals surface area contributed by atoms with E-state index in [0.717, 1.165) is 24.2 Å². The third-order valence-corrected chi connectivity index (χ3v) is 3.62. The highest BCUT2D eigenvalue weighted by Crippen LogP contribution is 2.29. The van der Waals surface area contributed by atoms with Gasteiger partial charge < -0.3 is 15.4 Å². The van der Waals surface area contributed by atoms with Crippen molar-refractivity contribution in [1.29, 1.82) is 0 Å². The van der Waals surface area contributed by atoms with Crippen molar-refractivity contribution >= 4 is 11.7 Å². The van der Waals surface area contributed by atoms with Gasteiger partial charge in [-0.2, -0.15) is 5.10 Å². The van der Waals surface area contributed by atoms with Crippen LogP contribution < -0.4 is 15.4 Å². The van der Waals surface area contributed by atoms with Crippen LogP contribution in [0.15, 0.2) is 12.4 Å². The van der Waals surface area contributed by atoms with E-state index in [1.807, 2.05) is 11.9 Å². The number of hydrogen-bond acceptors (Lipinski definition) is 6. The molecule has 2 N–H and O–H groups in total. The fraction of sp³-hybridized carbons (Fsp3) is 0.385. The first kappa shape index (κ1) is 13.3. The van der Waals surface area contributed by atoms with Crippen LogP contribution in [-0.4, -0.2) is 39.3 Å². The van der Waals surface area contributed by atoms with E-state index in [-0.39, 0.29) is 0 Å². The van der Waals surface area contributed by atoms with Crippen LogP contribution in [0.5, 0.6) is 5.88 Å².